The number of aliphatic carboxylic acids is 1. The zero-order valence-corrected chi connectivity index (χ0v) is 12.7. The van der Waals surface area contributed by atoms with E-state index in [1.807, 2.05) is 24.3 Å². The highest BCUT2D eigenvalue weighted by atomic mass is 79.9. The van der Waals surface area contributed by atoms with Gasteiger partial charge in [0.15, 0.2) is 0 Å². The van der Waals surface area contributed by atoms with Gasteiger partial charge in [-0.15, -0.1) is 0 Å². The minimum Gasteiger partial charge on any atom is -0.548 e. The summed E-state index contributed by atoms with van der Waals surface area (Å²) >= 11 is 9.39. The van der Waals surface area contributed by atoms with Crippen LogP contribution in [0, 0.1) is 0 Å². The second-order valence-electron chi connectivity index (χ2n) is 3.69. The molecular weight excluding hydrogens is 350 g/mol. The van der Waals surface area contributed by atoms with Gasteiger partial charge in [-0.25, -0.2) is 0 Å². The van der Waals surface area contributed by atoms with E-state index >= 15 is 0 Å². The molecule has 0 saturated carbocycles. The Balaban J connectivity index is 2.23. The van der Waals surface area contributed by atoms with Gasteiger partial charge in [0.2, 0.25) is 0 Å². The van der Waals surface area contributed by atoms with Crippen LogP contribution in [0.3, 0.4) is 0 Å². The number of rotatable bonds is 3. The van der Waals surface area contributed by atoms with Crippen LogP contribution in [0.2, 0.25) is 0 Å². The van der Waals surface area contributed by atoms with Crippen molar-refractivity contribution in [1.29, 1.82) is 0 Å². The van der Waals surface area contributed by atoms with Crippen LogP contribution in [0.15, 0.2) is 33.6 Å². The number of carboxylic acids is 1. The lowest BCUT2D eigenvalue weighted by molar-refractivity contribution is -0.305. The number of thiocarbonyl (C=S) groups is 1. The fourth-order valence-corrected chi connectivity index (χ4v) is 3.00. The van der Waals surface area contributed by atoms with E-state index in [4.69, 9.17) is 12.2 Å². The summed E-state index contributed by atoms with van der Waals surface area (Å²) in [5.74, 6) is -1.73. The van der Waals surface area contributed by atoms with Crippen molar-refractivity contribution < 1.29 is 14.7 Å². The van der Waals surface area contributed by atoms with Crippen molar-refractivity contribution in [1.82, 2.24) is 4.90 Å². The molecule has 0 aromatic heterocycles. The van der Waals surface area contributed by atoms with Crippen LogP contribution in [-0.2, 0) is 9.59 Å². The molecule has 0 spiro atoms. The van der Waals surface area contributed by atoms with Gasteiger partial charge in [0, 0.05) is 4.47 Å². The Morgan fingerprint density at radius 1 is 1.42 bits per heavy atom. The molecule has 98 valence electrons. The third kappa shape index (κ3) is 3.43. The molecule has 1 aliphatic heterocycles. The fraction of sp³-hybridized carbons (Fsp3) is 0.0833. The first kappa shape index (κ1) is 14.2. The molecule has 0 aliphatic carbocycles. The molecule has 0 unspecified atom stereocenters. The maximum absolute atomic E-state index is 12.0. The quantitative estimate of drug-likeness (QED) is 0.605. The number of halogens is 1. The molecule has 4 nitrogen and oxygen atoms in total. The highest BCUT2D eigenvalue weighted by molar-refractivity contribution is 9.10. The van der Waals surface area contributed by atoms with Crippen molar-refractivity contribution in [2.24, 2.45) is 0 Å². The Morgan fingerprint density at radius 3 is 2.63 bits per heavy atom. The number of carbonyl (C=O) groups is 2. The lowest BCUT2D eigenvalue weighted by Crippen LogP contribution is -2.40. The summed E-state index contributed by atoms with van der Waals surface area (Å²) in [6.07, 6.45) is 1.68. The van der Waals surface area contributed by atoms with E-state index in [0.717, 1.165) is 26.7 Å². The van der Waals surface area contributed by atoms with E-state index in [2.05, 4.69) is 15.9 Å². The van der Waals surface area contributed by atoms with E-state index in [0.29, 0.717) is 4.91 Å². The molecule has 2 rings (SSSR count). The second kappa shape index (κ2) is 5.85. The molecule has 1 heterocycles. The first-order chi connectivity index (χ1) is 8.97. The fourth-order valence-electron chi connectivity index (χ4n) is 1.48. The molecule has 1 amide bonds. The SMILES string of the molecule is O=C([O-])CN1C(=O)/C(=C/c2ccc(Br)cc2)SC1=S. The largest absolute Gasteiger partial charge is 0.548 e. The summed E-state index contributed by atoms with van der Waals surface area (Å²) in [6, 6.07) is 7.40. The van der Waals surface area contributed by atoms with Gasteiger partial charge in [-0.2, -0.15) is 0 Å². The number of hydrogen-bond acceptors (Lipinski definition) is 5. The zero-order chi connectivity index (χ0) is 14.0. The van der Waals surface area contributed by atoms with Gasteiger partial charge in [-0.1, -0.05) is 52.0 Å². The minimum absolute atomic E-state index is 0.234. The van der Waals surface area contributed by atoms with Crippen LogP contribution >= 0.6 is 39.9 Å². The molecule has 0 N–H and O–H groups in total. The number of thioether (sulfide) groups is 1. The third-order valence-electron chi connectivity index (χ3n) is 2.33. The predicted octanol–water partition coefficient (Wildman–Crippen LogP) is 1.40. The van der Waals surface area contributed by atoms with E-state index in [9.17, 15) is 14.7 Å². The monoisotopic (exact) mass is 356 g/mol. The molecule has 7 heteroatoms. The molecule has 1 aromatic carbocycles. The van der Waals surface area contributed by atoms with Crippen LogP contribution in [0.4, 0.5) is 0 Å². The Labute approximate surface area is 127 Å². The van der Waals surface area contributed by atoms with E-state index in [1.54, 1.807) is 6.08 Å². The van der Waals surface area contributed by atoms with Gasteiger partial charge in [0.25, 0.3) is 5.91 Å². The predicted molar refractivity (Wildman–Crippen MR) is 79.0 cm³/mol. The van der Waals surface area contributed by atoms with Gasteiger partial charge >= 0.3 is 0 Å². The molecule has 1 saturated heterocycles. The number of hydrogen-bond donors (Lipinski definition) is 0. The highest BCUT2D eigenvalue weighted by Gasteiger charge is 2.31. The first-order valence-corrected chi connectivity index (χ1v) is 7.20. The maximum Gasteiger partial charge on any atom is 0.266 e. The minimum atomic E-state index is -1.33. The number of amides is 1. The van der Waals surface area contributed by atoms with Crippen molar-refractivity contribution in [2.75, 3.05) is 6.54 Å². The van der Waals surface area contributed by atoms with Gasteiger partial charge in [-0.05, 0) is 23.8 Å². The highest BCUT2D eigenvalue weighted by Crippen LogP contribution is 2.32. The van der Waals surface area contributed by atoms with Crippen molar-refractivity contribution in [2.45, 2.75) is 0 Å². The first-order valence-electron chi connectivity index (χ1n) is 5.18. The molecule has 19 heavy (non-hydrogen) atoms. The smallest absolute Gasteiger partial charge is 0.266 e. The number of carboxylic acid groups (broad SMARTS) is 1. The Kier molecular flexibility index (Phi) is 4.38. The molecule has 1 aromatic rings. The molecular formula is C12H7BrNO3S2-. The molecule has 1 aliphatic rings. The summed E-state index contributed by atoms with van der Waals surface area (Å²) < 4.78 is 1.17. The number of carbonyl (C=O) groups excluding carboxylic acids is 2. The normalized spacial score (nSPS) is 17.3. The summed E-state index contributed by atoms with van der Waals surface area (Å²) in [5.41, 5.74) is 0.845. The second-order valence-corrected chi connectivity index (χ2v) is 6.28. The average molecular weight is 357 g/mol. The Morgan fingerprint density at radius 2 is 2.05 bits per heavy atom. The van der Waals surface area contributed by atoms with Crippen LogP contribution in [0.5, 0.6) is 0 Å². The van der Waals surface area contributed by atoms with Crippen LogP contribution in [0.25, 0.3) is 6.08 Å². The van der Waals surface area contributed by atoms with Gasteiger partial charge in [-0.3, -0.25) is 9.69 Å². The molecule has 0 bridgehead atoms. The lowest BCUT2D eigenvalue weighted by Gasteiger charge is -2.14. The van der Waals surface area contributed by atoms with Gasteiger partial charge in [0.1, 0.15) is 4.32 Å². The van der Waals surface area contributed by atoms with Crippen LogP contribution in [-0.4, -0.2) is 27.6 Å². The summed E-state index contributed by atoms with van der Waals surface area (Å²) in [7, 11) is 0. The third-order valence-corrected chi connectivity index (χ3v) is 4.24. The number of nitrogens with zero attached hydrogens (tertiary/aromatic N) is 1. The van der Waals surface area contributed by atoms with E-state index < -0.39 is 18.4 Å². The molecule has 1 fully saturated rings. The van der Waals surface area contributed by atoms with Crippen molar-refractivity contribution in [3.05, 3.63) is 39.2 Å². The Bertz CT molecular complexity index is 583. The van der Waals surface area contributed by atoms with E-state index in [1.165, 1.54) is 0 Å². The summed E-state index contributed by atoms with van der Waals surface area (Å²) in [4.78, 5) is 24.0. The topological polar surface area (TPSA) is 60.4 Å². The van der Waals surface area contributed by atoms with Crippen molar-refractivity contribution in [3.63, 3.8) is 0 Å². The number of benzene rings is 1. The van der Waals surface area contributed by atoms with Crippen LogP contribution in [0.1, 0.15) is 5.56 Å². The van der Waals surface area contributed by atoms with E-state index in [-0.39, 0.29) is 4.32 Å². The van der Waals surface area contributed by atoms with Gasteiger partial charge < -0.3 is 9.90 Å². The molecule has 0 radical (unpaired) electrons. The van der Waals surface area contributed by atoms with Gasteiger partial charge in [0.05, 0.1) is 17.4 Å². The Hall–Kier alpha value is -1.18. The maximum atomic E-state index is 12.0. The average Bonchev–Trinajstić information content (AvgIpc) is 2.60. The standard InChI is InChI=1S/C12H8BrNO3S2/c13-8-3-1-7(2-4-8)5-9-11(17)14(6-10(15)16)12(18)19-9/h1-5H,6H2,(H,15,16)/p-1/b9-5-. The van der Waals surface area contributed by atoms with Crippen molar-refractivity contribution >= 4 is 62.2 Å². The summed E-state index contributed by atoms with van der Waals surface area (Å²) in [6.45, 7) is -0.512. The van der Waals surface area contributed by atoms with Crippen LogP contribution < -0.4 is 5.11 Å². The zero-order valence-electron chi connectivity index (χ0n) is 9.46. The van der Waals surface area contributed by atoms with Crippen molar-refractivity contribution in [3.8, 4) is 0 Å². The summed E-state index contributed by atoms with van der Waals surface area (Å²) in [5, 5.41) is 10.6. The lowest BCUT2D eigenvalue weighted by atomic mass is 10.2. The molecule has 0 atom stereocenters.